The van der Waals surface area contributed by atoms with Crippen LogP contribution in [0.3, 0.4) is 0 Å². The Morgan fingerprint density at radius 1 is 1.19 bits per heavy atom. The molecule has 2 nitrogen and oxygen atoms in total. The van der Waals surface area contributed by atoms with E-state index in [0.717, 1.165) is 13.3 Å². The van der Waals surface area contributed by atoms with Crippen molar-refractivity contribution >= 4 is 0 Å². The summed E-state index contributed by atoms with van der Waals surface area (Å²) in [7, 11) is 0. The van der Waals surface area contributed by atoms with E-state index in [1.807, 2.05) is 0 Å². The summed E-state index contributed by atoms with van der Waals surface area (Å²) in [4.78, 5) is 0. The molecule has 0 heterocycles. The summed E-state index contributed by atoms with van der Waals surface area (Å²) in [5, 5.41) is 9.64. The van der Waals surface area contributed by atoms with Gasteiger partial charge in [-0.3, -0.25) is 0 Å². The molecule has 0 radical (unpaired) electrons. The van der Waals surface area contributed by atoms with Gasteiger partial charge in [0.15, 0.2) is 5.60 Å². The van der Waals surface area contributed by atoms with Gasteiger partial charge in [0.05, 0.1) is 0 Å². The van der Waals surface area contributed by atoms with Crippen LogP contribution >= 0.6 is 0 Å². The molecule has 0 bridgehead atoms. The highest BCUT2D eigenvalue weighted by Crippen LogP contribution is 2.48. The van der Waals surface area contributed by atoms with Crippen LogP contribution in [0.5, 0.6) is 0 Å². The van der Waals surface area contributed by atoms with Crippen molar-refractivity contribution in [1.29, 1.82) is 0 Å². The van der Waals surface area contributed by atoms with Crippen LogP contribution in [0.15, 0.2) is 24.3 Å². The normalized spacial score (nSPS) is 23.2. The third kappa shape index (κ3) is 2.66. The Hall–Kier alpha value is -1.14. The molecular formula is C15H19F4NO. The zero-order chi connectivity index (χ0) is 15.8. The molecule has 0 aromatic heterocycles. The molecule has 0 amide bonds. The molecule has 1 fully saturated rings. The van der Waals surface area contributed by atoms with E-state index in [2.05, 4.69) is 0 Å². The van der Waals surface area contributed by atoms with E-state index in [4.69, 9.17) is 5.73 Å². The van der Waals surface area contributed by atoms with E-state index in [0.29, 0.717) is 18.4 Å². The largest absolute Gasteiger partial charge is 0.381 e. The Balaban J connectivity index is 2.30. The number of benzene rings is 1. The van der Waals surface area contributed by atoms with E-state index in [1.165, 1.54) is 24.3 Å². The minimum Gasteiger partial charge on any atom is -0.381 e. The summed E-state index contributed by atoms with van der Waals surface area (Å²) in [6.07, 6.45) is -3.67. The molecule has 21 heavy (non-hydrogen) atoms. The van der Waals surface area contributed by atoms with Gasteiger partial charge in [-0.05, 0) is 37.5 Å². The Morgan fingerprint density at radius 2 is 1.71 bits per heavy atom. The van der Waals surface area contributed by atoms with Gasteiger partial charge in [-0.15, -0.1) is 0 Å². The maximum atomic E-state index is 14.4. The molecule has 6 heteroatoms. The van der Waals surface area contributed by atoms with E-state index in [1.54, 1.807) is 0 Å². The van der Waals surface area contributed by atoms with Gasteiger partial charge in [0.2, 0.25) is 0 Å². The number of alkyl halides is 3. The first-order valence-electron chi connectivity index (χ1n) is 6.88. The van der Waals surface area contributed by atoms with E-state index in [-0.39, 0.29) is 0 Å². The summed E-state index contributed by atoms with van der Waals surface area (Å²) in [5.41, 5.74) is 2.88. The minimum atomic E-state index is -3.23. The zero-order valence-corrected chi connectivity index (χ0v) is 11.7. The Morgan fingerprint density at radius 3 is 2.10 bits per heavy atom. The monoisotopic (exact) mass is 305 g/mol. The third-order valence-electron chi connectivity index (χ3n) is 4.62. The van der Waals surface area contributed by atoms with Crippen molar-refractivity contribution in [3.8, 4) is 0 Å². The minimum absolute atomic E-state index is 0.432. The summed E-state index contributed by atoms with van der Waals surface area (Å²) in [6, 6.07) is 4.19. The van der Waals surface area contributed by atoms with Crippen LogP contribution < -0.4 is 5.73 Å². The highest BCUT2D eigenvalue weighted by atomic mass is 19.3. The Kier molecular flexibility index (Phi) is 4.31. The topological polar surface area (TPSA) is 46.2 Å². The van der Waals surface area contributed by atoms with Crippen molar-refractivity contribution in [3.63, 3.8) is 0 Å². The molecule has 3 atom stereocenters. The number of hydrogen-bond acceptors (Lipinski definition) is 2. The average Bonchev–Trinajstić information content (AvgIpc) is 2.38. The van der Waals surface area contributed by atoms with Crippen molar-refractivity contribution in [2.75, 3.05) is 0 Å². The van der Waals surface area contributed by atoms with Gasteiger partial charge >= 0.3 is 0 Å². The lowest BCUT2D eigenvalue weighted by atomic mass is 9.58. The number of halogens is 4. The highest BCUT2D eigenvalue weighted by molar-refractivity contribution is 5.32. The quantitative estimate of drug-likeness (QED) is 0.822. The molecule has 118 valence electrons. The number of aliphatic hydroxyl groups is 1. The van der Waals surface area contributed by atoms with Crippen molar-refractivity contribution < 1.29 is 22.7 Å². The van der Waals surface area contributed by atoms with Crippen molar-refractivity contribution in [2.45, 2.75) is 55.8 Å². The lowest BCUT2D eigenvalue weighted by molar-refractivity contribution is -0.140. The molecule has 0 aliphatic heterocycles. The smallest absolute Gasteiger partial charge is 0.269 e. The van der Waals surface area contributed by atoms with Gasteiger partial charge in [-0.25, -0.2) is 17.6 Å². The second kappa shape index (κ2) is 5.57. The van der Waals surface area contributed by atoms with Gasteiger partial charge in [0, 0.05) is 11.5 Å². The van der Waals surface area contributed by atoms with Gasteiger partial charge in [-0.2, -0.15) is 0 Å². The van der Waals surface area contributed by atoms with E-state index < -0.39 is 35.5 Å². The fourth-order valence-electron chi connectivity index (χ4n) is 2.92. The van der Waals surface area contributed by atoms with Crippen molar-refractivity contribution in [1.82, 2.24) is 0 Å². The highest BCUT2D eigenvalue weighted by Gasteiger charge is 2.54. The summed E-state index contributed by atoms with van der Waals surface area (Å²) in [5.74, 6) is -0.432. The second-order valence-corrected chi connectivity index (χ2v) is 5.97. The van der Waals surface area contributed by atoms with Crippen LogP contribution in [0.2, 0.25) is 0 Å². The molecule has 3 unspecified atom stereocenters. The molecule has 1 saturated carbocycles. The van der Waals surface area contributed by atoms with Crippen LogP contribution in [0.1, 0.15) is 31.7 Å². The lowest BCUT2D eigenvalue weighted by Gasteiger charge is -2.49. The van der Waals surface area contributed by atoms with Gasteiger partial charge in [-0.1, -0.05) is 18.6 Å². The predicted octanol–water partition coefficient (Wildman–Crippen LogP) is 2.93. The van der Waals surface area contributed by atoms with E-state index >= 15 is 0 Å². The SMILES string of the molecule is CC(O)(C(F)F)C(F)C(N)C1(c2ccc(F)cc2)CCC1. The molecule has 1 aliphatic rings. The second-order valence-electron chi connectivity index (χ2n) is 5.97. The van der Waals surface area contributed by atoms with Crippen molar-refractivity contribution in [2.24, 2.45) is 5.73 Å². The van der Waals surface area contributed by atoms with Crippen LogP contribution in [-0.2, 0) is 5.41 Å². The van der Waals surface area contributed by atoms with Crippen molar-refractivity contribution in [3.05, 3.63) is 35.6 Å². The molecule has 1 aromatic rings. The summed E-state index contributed by atoms with van der Waals surface area (Å²) in [6.45, 7) is 0.749. The molecule has 1 aliphatic carbocycles. The van der Waals surface area contributed by atoms with Crippen LogP contribution in [-0.4, -0.2) is 29.3 Å². The maximum absolute atomic E-state index is 14.4. The maximum Gasteiger partial charge on any atom is 0.269 e. The fourth-order valence-corrected chi connectivity index (χ4v) is 2.92. The number of nitrogens with two attached hydrogens (primary N) is 1. The molecule has 0 spiro atoms. The standard InChI is InChI=1S/C15H19F4NO/c1-14(21,13(18)19)11(17)12(20)15(7-2-8-15)9-3-5-10(16)6-4-9/h3-6,11-13,21H,2,7-8,20H2,1H3. The average molecular weight is 305 g/mol. The van der Waals surface area contributed by atoms with Gasteiger partial charge < -0.3 is 10.8 Å². The van der Waals surface area contributed by atoms with Crippen LogP contribution in [0, 0.1) is 5.82 Å². The molecule has 3 N–H and O–H groups in total. The molecule has 2 rings (SSSR count). The van der Waals surface area contributed by atoms with Crippen LogP contribution in [0.4, 0.5) is 17.6 Å². The first-order chi connectivity index (χ1) is 9.71. The zero-order valence-electron chi connectivity index (χ0n) is 11.7. The van der Waals surface area contributed by atoms with Crippen LogP contribution in [0.25, 0.3) is 0 Å². The Bertz CT molecular complexity index is 485. The first kappa shape index (κ1) is 16.2. The third-order valence-corrected chi connectivity index (χ3v) is 4.62. The van der Waals surface area contributed by atoms with E-state index in [9.17, 15) is 22.7 Å². The predicted molar refractivity (Wildman–Crippen MR) is 71.4 cm³/mol. The summed E-state index contributed by atoms with van der Waals surface area (Å²) < 4.78 is 53.0. The van der Waals surface area contributed by atoms with Gasteiger partial charge in [0.25, 0.3) is 6.43 Å². The molecule has 0 saturated heterocycles. The molecular weight excluding hydrogens is 286 g/mol. The lowest BCUT2D eigenvalue weighted by Crippen LogP contribution is -2.62. The summed E-state index contributed by atoms with van der Waals surface area (Å²) >= 11 is 0. The first-order valence-corrected chi connectivity index (χ1v) is 6.88. The number of rotatable bonds is 5. The van der Waals surface area contributed by atoms with Gasteiger partial charge in [0.1, 0.15) is 12.0 Å². The number of hydrogen-bond donors (Lipinski definition) is 2. The Labute approximate surface area is 121 Å². The fraction of sp³-hybridized carbons (Fsp3) is 0.600. The molecule has 1 aromatic carbocycles.